The molecule has 0 spiro atoms. The van der Waals surface area contributed by atoms with E-state index in [1.54, 1.807) is 0 Å². The summed E-state index contributed by atoms with van der Waals surface area (Å²) in [6.45, 7) is 2.28. The number of aliphatic carboxylic acids is 1. The highest BCUT2D eigenvalue weighted by Gasteiger charge is 2.41. The zero-order valence-electron chi connectivity index (χ0n) is 10.2. The molecule has 0 radical (unpaired) electrons. The van der Waals surface area contributed by atoms with Crippen molar-refractivity contribution in [2.45, 2.75) is 37.8 Å². The van der Waals surface area contributed by atoms with E-state index in [2.05, 4.69) is 23.9 Å². The largest absolute Gasteiger partial charge is 0.481 e. The Morgan fingerprint density at radius 3 is 2.31 bits per heavy atom. The lowest BCUT2D eigenvalue weighted by Crippen LogP contribution is -2.54. The van der Waals surface area contributed by atoms with Crippen molar-refractivity contribution in [1.29, 1.82) is 0 Å². The second-order valence-electron chi connectivity index (χ2n) is 5.29. The number of rotatable bonds is 3. The summed E-state index contributed by atoms with van der Waals surface area (Å²) in [5.74, 6) is -0.735. The van der Waals surface area contributed by atoms with E-state index in [0.717, 1.165) is 25.9 Å². The van der Waals surface area contributed by atoms with Crippen molar-refractivity contribution in [3.63, 3.8) is 0 Å². The number of hydrogen-bond acceptors (Lipinski definition) is 3. The molecule has 1 heterocycles. The highest BCUT2D eigenvalue weighted by atomic mass is 16.4. The molecule has 2 fully saturated rings. The standard InChI is InChI=1S/C12H22N2O2/c1-13-7-5-9(6-8-13)14(2)11-4-3-10(11)12(15)16/h9-11H,3-8H2,1-2H3,(H,15,16). The number of carbonyl (C=O) groups is 1. The van der Waals surface area contributed by atoms with Gasteiger partial charge in [-0.15, -0.1) is 0 Å². The highest BCUT2D eigenvalue weighted by molar-refractivity contribution is 5.72. The summed E-state index contributed by atoms with van der Waals surface area (Å²) >= 11 is 0. The maximum Gasteiger partial charge on any atom is 0.308 e. The molecule has 4 nitrogen and oxygen atoms in total. The van der Waals surface area contributed by atoms with Crippen molar-refractivity contribution in [2.75, 3.05) is 27.2 Å². The Balaban J connectivity index is 1.87. The maximum absolute atomic E-state index is 11.0. The monoisotopic (exact) mass is 226 g/mol. The van der Waals surface area contributed by atoms with Crippen molar-refractivity contribution < 1.29 is 9.90 Å². The fourth-order valence-corrected chi connectivity index (χ4v) is 2.93. The number of carboxylic acid groups (broad SMARTS) is 1. The summed E-state index contributed by atoms with van der Waals surface area (Å²) in [4.78, 5) is 15.7. The molecule has 92 valence electrons. The summed E-state index contributed by atoms with van der Waals surface area (Å²) in [6.07, 6.45) is 4.27. The second kappa shape index (κ2) is 4.72. The van der Waals surface area contributed by atoms with Gasteiger partial charge in [0.15, 0.2) is 0 Å². The summed E-state index contributed by atoms with van der Waals surface area (Å²) in [6, 6.07) is 0.870. The SMILES string of the molecule is CN1CCC(N(C)C2CCC2C(=O)O)CC1. The van der Waals surface area contributed by atoms with Crippen LogP contribution in [0.2, 0.25) is 0 Å². The Bertz CT molecular complexity index is 262. The third-order valence-electron chi connectivity index (χ3n) is 4.34. The number of hydrogen-bond donors (Lipinski definition) is 1. The Morgan fingerprint density at radius 1 is 1.25 bits per heavy atom. The molecule has 1 N–H and O–H groups in total. The van der Waals surface area contributed by atoms with Crippen LogP contribution < -0.4 is 0 Å². The van der Waals surface area contributed by atoms with Gasteiger partial charge in [-0.3, -0.25) is 9.69 Å². The van der Waals surface area contributed by atoms with Gasteiger partial charge in [-0.05, 0) is 52.9 Å². The van der Waals surface area contributed by atoms with Crippen LogP contribution in [0.3, 0.4) is 0 Å². The van der Waals surface area contributed by atoms with Gasteiger partial charge >= 0.3 is 5.97 Å². The number of carboxylic acids is 1. The molecule has 0 aromatic rings. The lowest BCUT2D eigenvalue weighted by Gasteiger charge is -2.46. The molecule has 2 unspecified atom stereocenters. The van der Waals surface area contributed by atoms with E-state index in [0.29, 0.717) is 6.04 Å². The average Bonchev–Trinajstić information content (AvgIpc) is 2.15. The molecule has 0 bridgehead atoms. The first-order valence-corrected chi connectivity index (χ1v) is 6.23. The Kier molecular flexibility index (Phi) is 3.50. The molecule has 16 heavy (non-hydrogen) atoms. The molecule has 1 aliphatic carbocycles. The highest BCUT2D eigenvalue weighted by Crippen LogP contribution is 2.34. The quantitative estimate of drug-likeness (QED) is 0.775. The molecular formula is C12H22N2O2. The molecule has 2 atom stereocenters. The topological polar surface area (TPSA) is 43.8 Å². The summed E-state index contributed by atoms with van der Waals surface area (Å²) in [7, 11) is 4.26. The smallest absolute Gasteiger partial charge is 0.308 e. The number of likely N-dealkylation sites (tertiary alicyclic amines) is 1. The fourth-order valence-electron chi connectivity index (χ4n) is 2.93. The van der Waals surface area contributed by atoms with Crippen LogP contribution in [0.4, 0.5) is 0 Å². The van der Waals surface area contributed by atoms with Gasteiger partial charge in [-0.2, -0.15) is 0 Å². The third-order valence-corrected chi connectivity index (χ3v) is 4.34. The van der Waals surface area contributed by atoms with Crippen molar-refractivity contribution in [1.82, 2.24) is 9.80 Å². The lowest BCUT2D eigenvalue weighted by atomic mass is 9.77. The van der Waals surface area contributed by atoms with E-state index in [4.69, 9.17) is 5.11 Å². The summed E-state index contributed by atoms with van der Waals surface area (Å²) in [5.41, 5.74) is 0. The van der Waals surface area contributed by atoms with Crippen LogP contribution in [0.1, 0.15) is 25.7 Å². The van der Waals surface area contributed by atoms with Gasteiger partial charge in [0.2, 0.25) is 0 Å². The van der Waals surface area contributed by atoms with Crippen LogP contribution in [0.25, 0.3) is 0 Å². The zero-order valence-corrected chi connectivity index (χ0v) is 10.2. The van der Waals surface area contributed by atoms with Gasteiger partial charge in [-0.25, -0.2) is 0 Å². The van der Waals surface area contributed by atoms with Crippen LogP contribution in [0, 0.1) is 5.92 Å². The van der Waals surface area contributed by atoms with E-state index in [-0.39, 0.29) is 12.0 Å². The predicted octanol–water partition coefficient (Wildman–Crippen LogP) is 0.876. The normalized spacial score (nSPS) is 32.7. The number of piperidine rings is 1. The minimum Gasteiger partial charge on any atom is -0.481 e. The molecular weight excluding hydrogens is 204 g/mol. The maximum atomic E-state index is 11.0. The summed E-state index contributed by atoms with van der Waals surface area (Å²) in [5, 5.41) is 9.06. The zero-order chi connectivity index (χ0) is 11.7. The molecule has 1 aliphatic heterocycles. The molecule has 0 aromatic carbocycles. The molecule has 0 aromatic heterocycles. The van der Waals surface area contributed by atoms with Crippen LogP contribution in [-0.4, -0.2) is 60.1 Å². The Hall–Kier alpha value is -0.610. The molecule has 2 aliphatic rings. The minimum atomic E-state index is -0.615. The van der Waals surface area contributed by atoms with Crippen LogP contribution in [0.15, 0.2) is 0 Å². The Morgan fingerprint density at radius 2 is 1.88 bits per heavy atom. The lowest BCUT2D eigenvalue weighted by molar-refractivity contribution is -0.149. The van der Waals surface area contributed by atoms with Gasteiger partial charge < -0.3 is 10.0 Å². The van der Waals surface area contributed by atoms with E-state index in [1.807, 2.05) is 0 Å². The molecule has 1 saturated heterocycles. The van der Waals surface area contributed by atoms with Crippen molar-refractivity contribution in [3.8, 4) is 0 Å². The Labute approximate surface area is 97.2 Å². The average molecular weight is 226 g/mol. The molecule has 0 amide bonds. The van der Waals surface area contributed by atoms with Crippen LogP contribution in [-0.2, 0) is 4.79 Å². The van der Waals surface area contributed by atoms with Gasteiger partial charge in [0.1, 0.15) is 0 Å². The van der Waals surface area contributed by atoms with Crippen LogP contribution >= 0.6 is 0 Å². The first-order chi connectivity index (χ1) is 7.59. The minimum absolute atomic E-state index is 0.121. The third kappa shape index (κ3) is 2.23. The van der Waals surface area contributed by atoms with Gasteiger partial charge in [0.25, 0.3) is 0 Å². The molecule has 4 heteroatoms. The van der Waals surface area contributed by atoms with E-state index in [1.165, 1.54) is 12.8 Å². The van der Waals surface area contributed by atoms with Gasteiger partial charge in [0, 0.05) is 12.1 Å². The van der Waals surface area contributed by atoms with Crippen molar-refractivity contribution in [3.05, 3.63) is 0 Å². The molecule has 2 rings (SSSR count). The van der Waals surface area contributed by atoms with E-state index >= 15 is 0 Å². The number of nitrogens with zero attached hydrogens (tertiary/aromatic N) is 2. The van der Waals surface area contributed by atoms with Crippen molar-refractivity contribution in [2.24, 2.45) is 5.92 Å². The fraction of sp³-hybridized carbons (Fsp3) is 0.917. The van der Waals surface area contributed by atoms with Gasteiger partial charge in [0.05, 0.1) is 5.92 Å². The first-order valence-electron chi connectivity index (χ1n) is 6.23. The van der Waals surface area contributed by atoms with Gasteiger partial charge in [-0.1, -0.05) is 0 Å². The van der Waals surface area contributed by atoms with E-state index in [9.17, 15) is 4.79 Å². The van der Waals surface area contributed by atoms with E-state index < -0.39 is 5.97 Å². The summed E-state index contributed by atoms with van der Waals surface area (Å²) < 4.78 is 0. The predicted molar refractivity (Wildman–Crippen MR) is 62.4 cm³/mol. The van der Waals surface area contributed by atoms with Crippen molar-refractivity contribution >= 4 is 5.97 Å². The van der Waals surface area contributed by atoms with Crippen LogP contribution in [0.5, 0.6) is 0 Å². The second-order valence-corrected chi connectivity index (χ2v) is 5.29. The first kappa shape index (κ1) is 11.9. The molecule has 1 saturated carbocycles.